The fourth-order valence-corrected chi connectivity index (χ4v) is 3.45. The first kappa shape index (κ1) is 23.9. The van der Waals surface area contributed by atoms with Crippen LogP contribution >= 0.6 is 15.9 Å². The van der Waals surface area contributed by atoms with Crippen LogP contribution in [0.4, 0.5) is 0 Å². The number of unbranched alkanes of at least 4 members (excludes halogenated alkanes) is 1. The molecule has 0 saturated heterocycles. The average molecular weight is 475 g/mol. The van der Waals surface area contributed by atoms with Crippen LogP contribution in [-0.2, 0) is 22.6 Å². The van der Waals surface area contributed by atoms with Gasteiger partial charge in [0.1, 0.15) is 11.8 Å². The van der Waals surface area contributed by atoms with Gasteiger partial charge in [-0.15, -0.1) is 0 Å². The predicted octanol–water partition coefficient (Wildman–Crippen LogP) is 4.72. The molecule has 30 heavy (non-hydrogen) atoms. The quantitative estimate of drug-likeness (QED) is 0.479. The molecule has 0 spiro atoms. The fourth-order valence-electron chi connectivity index (χ4n) is 3.00. The van der Waals surface area contributed by atoms with Gasteiger partial charge in [-0.3, -0.25) is 9.59 Å². The van der Waals surface area contributed by atoms with E-state index in [0.717, 1.165) is 29.3 Å². The van der Waals surface area contributed by atoms with Gasteiger partial charge in [0.25, 0.3) is 5.91 Å². The first-order valence-corrected chi connectivity index (χ1v) is 11.3. The molecule has 2 amide bonds. The lowest BCUT2D eigenvalue weighted by molar-refractivity contribution is -0.142. The summed E-state index contributed by atoms with van der Waals surface area (Å²) in [6.07, 6.45) is 2.86. The SMILES string of the molecule is CCCCNC(=O)C(C)N(Cc1cccc(Br)c1)C(=O)COc1ccc(CC)cc1. The summed E-state index contributed by atoms with van der Waals surface area (Å²) in [5.41, 5.74) is 2.15. The van der Waals surface area contributed by atoms with Crippen molar-refractivity contribution in [2.45, 2.75) is 52.6 Å². The summed E-state index contributed by atoms with van der Waals surface area (Å²) >= 11 is 3.46. The van der Waals surface area contributed by atoms with E-state index in [0.29, 0.717) is 18.8 Å². The van der Waals surface area contributed by atoms with Crippen molar-refractivity contribution in [2.24, 2.45) is 0 Å². The summed E-state index contributed by atoms with van der Waals surface area (Å²) in [4.78, 5) is 27.2. The van der Waals surface area contributed by atoms with E-state index in [1.807, 2.05) is 48.5 Å². The number of nitrogens with one attached hydrogen (secondary N) is 1. The number of hydrogen-bond donors (Lipinski definition) is 1. The highest BCUT2D eigenvalue weighted by Gasteiger charge is 2.26. The van der Waals surface area contributed by atoms with Gasteiger partial charge in [0, 0.05) is 17.6 Å². The van der Waals surface area contributed by atoms with Crippen molar-refractivity contribution in [3.05, 3.63) is 64.1 Å². The van der Waals surface area contributed by atoms with Crippen LogP contribution in [0.5, 0.6) is 5.75 Å². The molecule has 5 nitrogen and oxygen atoms in total. The number of carbonyl (C=O) groups is 2. The Morgan fingerprint density at radius 2 is 1.83 bits per heavy atom. The summed E-state index contributed by atoms with van der Waals surface area (Å²) in [6, 6.07) is 14.9. The van der Waals surface area contributed by atoms with Crippen LogP contribution in [0.25, 0.3) is 0 Å². The van der Waals surface area contributed by atoms with Crippen molar-refractivity contribution in [3.8, 4) is 5.75 Å². The number of rotatable bonds is 11. The highest BCUT2D eigenvalue weighted by Crippen LogP contribution is 2.17. The first-order chi connectivity index (χ1) is 14.4. The lowest BCUT2D eigenvalue weighted by atomic mass is 10.1. The average Bonchev–Trinajstić information content (AvgIpc) is 2.75. The number of ether oxygens (including phenoxy) is 1. The molecule has 1 atom stereocenters. The minimum absolute atomic E-state index is 0.119. The zero-order valence-electron chi connectivity index (χ0n) is 18.0. The molecule has 0 bridgehead atoms. The Hall–Kier alpha value is -2.34. The zero-order chi connectivity index (χ0) is 21.9. The number of halogens is 1. The van der Waals surface area contributed by atoms with Crippen molar-refractivity contribution in [2.75, 3.05) is 13.2 Å². The van der Waals surface area contributed by atoms with Gasteiger partial charge >= 0.3 is 0 Å². The highest BCUT2D eigenvalue weighted by molar-refractivity contribution is 9.10. The fraction of sp³-hybridized carbons (Fsp3) is 0.417. The molecule has 162 valence electrons. The van der Waals surface area contributed by atoms with Crippen molar-refractivity contribution in [1.82, 2.24) is 10.2 Å². The Morgan fingerprint density at radius 3 is 2.47 bits per heavy atom. The molecular weight excluding hydrogens is 444 g/mol. The van der Waals surface area contributed by atoms with Crippen molar-refractivity contribution in [1.29, 1.82) is 0 Å². The lowest BCUT2D eigenvalue weighted by Gasteiger charge is -2.29. The van der Waals surface area contributed by atoms with Crippen LogP contribution in [0, 0.1) is 0 Å². The van der Waals surface area contributed by atoms with Crippen LogP contribution in [0.3, 0.4) is 0 Å². The molecule has 0 aromatic heterocycles. The number of benzene rings is 2. The Kier molecular flexibility index (Phi) is 9.87. The predicted molar refractivity (Wildman–Crippen MR) is 123 cm³/mol. The number of carbonyl (C=O) groups excluding carboxylic acids is 2. The van der Waals surface area contributed by atoms with E-state index in [2.05, 4.69) is 35.1 Å². The van der Waals surface area contributed by atoms with E-state index < -0.39 is 6.04 Å². The van der Waals surface area contributed by atoms with Gasteiger partial charge in [0.05, 0.1) is 0 Å². The Labute approximate surface area is 187 Å². The molecule has 0 aliphatic heterocycles. The minimum atomic E-state index is -0.598. The molecule has 0 fully saturated rings. The normalized spacial score (nSPS) is 11.6. The number of amides is 2. The van der Waals surface area contributed by atoms with Crippen LogP contribution in [-0.4, -0.2) is 35.9 Å². The van der Waals surface area contributed by atoms with Crippen LogP contribution in [0.15, 0.2) is 53.0 Å². The van der Waals surface area contributed by atoms with E-state index in [4.69, 9.17) is 4.74 Å². The van der Waals surface area contributed by atoms with Gasteiger partial charge in [-0.25, -0.2) is 0 Å². The molecule has 0 aliphatic rings. The highest BCUT2D eigenvalue weighted by atomic mass is 79.9. The smallest absolute Gasteiger partial charge is 0.261 e. The lowest BCUT2D eigenvalue weighted by Crippen LogP contribution is -2.49. The summed E-state index contributed by atoms with van der Waals surface area (Å²) in [6.45, 7) is 6.74. The first-order valence-electron chi connectivity index (χ1n) is 10.5. The standard InChI is InChI=1S/C24H31BrN2O3/c1-4-6-14-26-24(29)18(3)27(16-20-8-7-9-21(25)15-20)23(28)17-30-22-12-10-19(5-2)11-13-22/h7-13,15,18H,4-6,14,16-17H2,1-3H3,(H,26,29). The summed E-state index contributed by atoms with van der Waals surface area (Å²) in [7, 11) is 0. The Morgan fingerprint density at radius 1 is 1.10 bits per heavy atom. The molecule has 2 aromatic carbocycles. The van der Waals surface area contributed by atoms with Gasteiger partial charge in [-0.2, -0.15) is 0 Å². The van der Waals surface area contributed by atoms with Crippen LogP contribution in [0.2, 0.25) is 0 Å². The molecule has 6 heteroatoms. The Balaban J connectivity index is 2.09. The van der Waals surface area contributed by atoms with Crippen LogP contribution in [0.1, 0.15) is 44.7 Å². The van der Waals surface area contributed by atoms with E-state index in [-0.39, 0.29) is 18.4 Å². The summed E-state index contributed by atoms with van der Waals surface area (Å²) in [5, 5.41) is 2.92. The minimum Gasteiger partial charge on any atom is -0.484 e. The van der Waals surface area contributed by atoms with Crippen molar-refractivity contribution >= 4 is 27.7 Å². The Bertz CT molecular complexity index is 823. The number of aryl methyl sites for hydroxylation is 1. The molecule has 0 saturated carbocycles. The molecule has 2 rings (SSSR count). The maximum absolute atomic E-state index is 13.0. The van der Waals surface area contributed by atoms with Gasteiger partial charge < -0.3 is 15.0 Å². The molecule has 0 radical (unpaired) electrons. The molecular formula is C24H31BrN2O3. The monoisotopic (exact) mass is 474 g/mol. The third kappa shape index (κ3) is 7.48. The summed E-state index contributed by atoms with van der Waals surface area (Å²) < 4.78 is 6.64. The summed E-state index contributed by atoms with van der Waals surface area (Å²) in [5.74, 6) is 0.259. The maximum atomic E-state index is 13.0. The molecule has 1 N–H and O–H groups in total. The molecule has 2 aromatic rings. The van der Waals surface area contributed by atoms with Gasteiger partial charge in [0.15, 0.2) is 6.61 Å². The second kappa shape index (κ2) is 12.4. The number of hydrogen-bond acceptors (Lipinski definition) is 3. The van der Waals surface area contributed by atoms with Gasteiger partial charge in [-0.1, -0.05) is 60.5 Å². The number of nitrogens with zero attached hydrogens (tertiary/aromatic N) is 1. The van der Waals surface area contributed by atoms with E-state index >= 15 is 0 Å². The van der Waals surface area contributed by atoms with Gasteiger partial charge in [0.2, 0.25) is 5.91 Å². The molecule has 0 heterocycles. The third-order valence-corrected chi connectivity index (χ3v) is 5.43. The maximum Gasteiger partial charge on any atom is 0.261 e. The van der Waals surface area contributed by atoms with Crippen molar-refractivity contribution in [3.63, 3.8) is 0 Å². The second-order valence-electron chi connectivity index (χ2n) is 7.26. The zero-order valence-corrected chi connectivity index (χ0v) is 19.6. The third-order valence-electron chi connectivity index (χ3n) is 4.93. The largest absolute Gasteiger partial charge is 0.484 e. The van der Waals surface area contributed by atoms with Crippen molar-refractivity contribution < 1.29 is 14.3 Å². The van der Waals surface area contributed by atoms with E-state index in [1.54, 1.807) is 11.8 Å². The van der Waals surface area contributed by atoms with E-state index in [9.17, 15) is 9.59 Å². The van der Waals surface area contributed by atoms with Crippen LogP contribution < -0.4 is 10.1 Å². The van der Waals surface area contributed by atoms with Gasteiger partial charge in [-0.05, 0) is 55.2 Å². The topological polar surface area (TPSA) is 58.6 Å². The van der Waals surface area contributed by atoms with E-state index in [1.165, 1.54) is 5.56 Å². The second-order valence-corrected chi connectivity index (χ2v) is 8.17. The molecule has 0 aliphatic carbocycles. The molecule has 1 unspecified atom stereocenters.